The Morgan fingerprint density at radius 2 is 0.970 bits per heavy atom. The number of aliphatic hydroxyl groups is 7. The predicted octanol–water partition coefficient (Wildman–Crippen LogP) is 7.51. The van der Waals surface area contributed by atoms with E-state index in [1.54, 1.807) is 0 Å². The highest BCUT2D eigenvalue weighted by atomic mass is 16.7. The first-order chi connectivity index (χ1) is 32.6. The molecule has 2 aliphatic heterocycles. The first-order valence-corrected chi connectivity index (χ1v) is 25.5. The fraction of sp³-hybridized carbons (Fsp3) is 0.755. The van der Waals surface area contributed by atoms with Gasteiger partial charge >= 0.3 is 5.97 Å². The van der Waals surface area contributed by atoms with Crippen molar-refractivity contribution in [2.75, 3.05) is 33.0 Å². The topological polar surface area (TPSA) is 214 Å². The molecule has 2 saturated heterocycles. The third kappa shape index (κ3) is 28.0. The van der Waals surface area contributed by atoms with Gasteiger partial charge in [0, 0.05) is 13.0 Å². The maximum atomic E-state index is 13.0. The maximum absolute atomic E-state index is 13.0. The summed E-state index contributed by atoms with van der Waals surface area (Å²) in [6, 6.07) is 0. The largest absolute Gasteiger partial charge is 0.457 e. The highest BCUT2D eigenvalue weighted by Crippen LogP contribution is 2.26. The number of ether oxygens (including phenoxy) is 6. The minimum absolute atomic E-state index is 0.0367. The van der Waals surface area contributed by atoms with Crippen molar-refractivity contribution < 1.29 is 69.0 Å². The van der Waals surface area contributed by atoms with Crippen molar-refractivity contribution in [1.29, 1.82) is 0 Å². The molecule has 0 saturated carbocycles. The monoisotopic (exact) mass is 951 g/mol. The van der Waals surface area contributed by atoms with Crippen LogP contribution in [-0.2, 0) is 33.2 Å². The van der Waals surface area contributed by atoms with Gasteiger partial charge in [0.2, 0.25) is 0 Å². The number of hydrogen-bond donors (Lipinski definition) is 7. The van der Waals surface area contributed by atoms with Gasteiger partial charge in [-0.25, -0.2) is 0 Å². The Hall–Kier alpha value is -2.57. The van der Waals surface area contributed by atoms with E-state index in [0.717, 1.165) is 70.6 Å². The van der Waals surface area contributed by atoms with Crippen LogP contribution in [0.1, 0.15) is 155 Å². The van der Waals surface area contributed by atoms with Gasteiger partial charge < -0.3 is 64.2 Å². The van der Waals surface area contributed by atoms with Crippen LogP contribution in [0.5, 0.6) is 0 Å². The van der Waals surface area contributed by atoms with Gasteiger partial charge in [0.15, 0.2) is 12.6 Å². The molecule has 7 N–H and O–H groups in total. The van der Waals surface area contributed by atoms with Crippen LogP contribution in [0.15, 0.2) is 72.9 Å². The molecule has 0 aromatic carbocycles. The van der Waals surface area contributed by atoms with Gasteiger partial charge in [0.05, 0.1) is 26.4 Å². The van der Waals surface area contributed by atoms with Gasteiger partial charge in [-0.1, -0.05) is 138 Å². The molecule has 2 fully saturated rings. The Morgan fingerprint density at radius 1 is 0.507 bits per heavy atom. The van der Waals surface area contributed by atoms with E-state index in [1.165, 1.54) is 57.8 Å². The zero-order valence-corrected chi connectivity index (χ0v) is 40.9. The lowest BCUT2D eigenvalue weighted by Crippen LogP contribution is -2.61. The van der Waals surface area contributed by atoms with Crippen molar-refractivity contribution in [1.82, 2.24) is 0 Å². The molecule has 0 bridgehead atoms. The predicted molar refractivity (Wildman–Crippen MR) is 261 cm³/mol. The van der Waals surface area contributed by atoms with E-state index in [2.05, 4.69) is 86.8 Å². The van der Waals surface area contributed by atoms with Crippen molar-refractivity contribution in [3.63, 3.8) is 0 Å². The third-order valence-electron chi connectivity index (χ3n) is 11.7. The first kappa shape index (κ1) is 60.6. The fourth-order valence-corrected chi connectivity index (χ4v) is 7.54. The molecule has 386 valence electrons. The maximum Gasteiger partial charge on any atom is 0.306 e. The number of esters is 1. The lowest BCUT2D eigenvalue weighted by Gasteiger charge is -2.42. The molecule has 11 atom stereocenters. The molecule has 0 aromatic heterocycles. The third-order valence-corrected chi connectivity index (χ3v) is 11.7. The van der Waals surface area contributed by atoms with Crippen LogP contribution in [-0.4, -0.2) is 142 Å². The van der Waals surface area contributed by atoms with Crippen LogP contribution < -0.4 is 0 Å². The first-order valence-electron chi connectivity index (χ1n) is 25.5. The molecule has 0 aromatic rings. The number of allylic oxidation sites excluding steroid dienone is 12. The van der Waals surface area contributed by atoms with Crippen LogP contribution in [0.4, 0.5) is 0 Å². The normalized spacial score (nSPS) is 26.7. The molecule has 14 nitrogen and oxygen atoms in total. The molecule has 2 heterocycles. The number of unbranched alkanes of at least 4 members (excludes halogenated alkanes) is 13. The van der Waals surface area contributed by atoms with E-state index in [9.17, 15) is 40.5 Å². The van der Waals surface area contributed by atoms with Crippen LogP contribution in [0.25, 0.3) is 0 Å². The van der Waals surface area contributed by atoms with E-state index < -0.39 is 86.7 Å². The quantitative estimate of drug-likeness (QED) is 0.0181. The summed E-state index contributed by atoms with van der Waals surface area (Å²) in [5, 5.41) is 72.1. The number of rotatable bonds is 39. The summed E-state index contributed by atoms with van der Waals surface area (Å²) in [4.78, 5) is 13.0. The number of aliphatic hydroxyl groups excluding tert-OH is 7. The fourth-order valence-electron chi connectivity index (χ4n) is 7.54. The van der Waals surface area contributed by atoms with Crippen molar-refractivity contribution in [2.45, 2.75) is 223 Å². The van der Waals surface area contributed by atoms with Crippen molar-refractivity contribution in [2.24, 2.45) is 0 Å². The van der Waals surface area contributed by atoms with E-state index in [1.807, 2.05) is 0 Å². The highest BCUT2D eigenvalue weighted by molar-refractivity contribution is 5.69. The van der Waals surface area contributed by atoms with Crippen molar-refractivity contribution >= 4 is 5.97 Å². The Labute approximate surface area is 402 Å². The molecule has 2 rings (SSSR count). The second-order valence-corrected chi connectivity index (χ2v) is 17.6. The molecule has 11 unspecified atom stereocenters. The Morgan fingerprint density at radius 3 is 1.52 bits per heavy atom. The Bertz CT molecular complexity index is 1380. The number of carbonyl (C=O) groups is 1. The van der Waals surface area contributed by atoms with Gasteiger partial charge in [-0.2, -0.15) is 0 Å². The molecule has 67 heavy (non-hydrogen) atoms. The zero-order valence-electron chi connectivity index (χ0n) is 40.9. The van der Waals surface area contributed by atoms with E-state index in [0.29, 0.717) is 13.0 Å². The second-order valence-electron chi connectivity index (χ2n) is 17.6. The molecule has 2 aliphatic rings. The van der Waals surface area contributed by atoms with Gasteiger partial charge in [0.1, 0.15) is 54.9 Å². The standard InChI is InChI=1S/C53H90O14/c1-3-5-7-9-11-13-15-17-19-20-21-23-25-27-29-31-33-35-37-62-39-42(65-45(55)36-34-32-30-28-26-24-22-18-16-14-12-10-8-6-4-2)40-63-52-51(61)49(59)47(57)44(67-52)41-64-53-50(60)48(58)46(56)43(38-54)66-53/h6,8,11-14,17-19,22,26,28,42-44,46-54,56-61H,3-5,7,9-10,15-16,20-21,23-25,27,29-41H2,1-2H3/b8-6-,13-11-,14-12-,19-17-,22-18-,28-26-. The lowest BCUT2D eigenvalue weighted by atomic mass is 9.98. The lowest BCUT2D eigenvalue weighted by molar-refractivity contribution is -0.332. The van der Waals surface area contributed by atoms with Crippen LogP contribution in [0.3, 0.4) is 0 Å². The highest BCUT2D eigenvalue weighted by Gasteiger charge is 2.47. The summed E-state index contributed by atoms with van der Waals surface area (Å²) in [6.45, 7) is 3.46. The smallest absolute Gasteiger partial charge is 0.306 e. The average molecular weight is 951 g/mol. The second kappa shape index (κ2) is 40.2. The van der Waals surface area contributed by atoms with Crippen LogP contribution in [0.2, 0.25) is 0 Å². The van der Waals surface area contributed by atoms with Crippen LogP contribution in [0, 0.1) is 0 Å². The summed E-state index contributed by atoms with van der Waals surface area (Å²) < 4.78 is 34.2. The van der Waals surface area contributed by atoms with Crippen LogP contribution >= 0.6 is 0 Å². The molecule has 0 amide bonds. The summed E-state index contributed by atoms with van der Waals surface area (Å²) in [5.74, 6) is -0.421. The Kier molecular flexibility index (Phi) is 36.3. The van der Waals surface area contributed by atoms with Gasteiger partial charge in [-0.05, 0) is 83.5 Å². The Balaban J connectivity index is 1.79. The molecule has 0 radical (unpaired) electrons. The number of hydrogen-bond acceptors (Lipinski definition) is 14. The van der Waals surface area contributed by atoms with Gasteiger partial charge in [0.25, 0.3) is 0 Å². The summed E-state index contributed by atoms with van der Waals surface area (Å²) in [5.41, 5.74) is 0. The molecule has 14 heteroatoms. The average Bonchev–Trinajstić information content (AvgIpc) is 3.32. The summed E-state index contributed by atoms with van der Waals surface area (Å²) >= 11 is 0. The zero-order chi connectivity index (χ0) is 48.7. The van der Waals surface area contributed by atoms with Crippen molar-refractivity contribution in [3.05, 3.63) is 72.9 Å². The molecular weight excluding hydrogens is 861 g/mol. The van der Waals surface area contributed by atoms with E-state index >= 15 is 0 Å². The van der Waals surface area contributed by atoms with Gasteiger partial charge in [-0.3, -0.25) is 4.79 Å². The number of carbonyl (C=O) groups excluding carboxylic acids is 1. The minimum Gasteiger partial charge on any atom is -0.457 e. The molecule has 0 aliphatic carbocycles. The summed E-state index contributed by atoms with van der Waals surface area (Å²) in [7, 11) is 0. The molecular formula is C53H90O14. The summed E-state index contributed by atoms with van der Waals surface area (Å²) in [6.07, 6.45) is 32.5. The SMILES string of the molecule is CC/C=C\C/C=C\C/C=C\C/C=C\CCCCC(=O)OC(COCCCCCCCCCC/C=C\C/C=C\CCCCC)COC1OC(COC2OC(CO)C(O)C(O)C2O)C(O)C(O)C1O. The van der Waals surface area contributed by atoms with Crippen molar-refractivity contribution in [3.8, 4) is 0 Å². The minimum atomic E-state index is -1.72. The van der Waals surface area contributed by atoms with E-state index in [4.69, 9.17) is 28.4 Å². The van der Waals surface area contributed by atoms with E-state index in [-0.39, 0.29) is 19.6 Å². The molecule has 0 spiro atoms. The van der Waals surface area contributed by atoms with Gasteiger partial charge in [-0.15, -0.1) is 0 Å².